The Balaban J connectivity index is 1.74. The fourth-order valence-corrected chi connectivity index (χ4v) is 1.51. The molecule has 1 aromatic heterocycles. The Morgan fingerprint density at radius 1 is 1.29 bits per heavy atom. The van der Waals surface area contributed by atoms with E-state index in [0.717, 1.165) is 11.8 Å². The zero-order chi connectivity index (χ0) is 14.9. The van der Waals surface area contributed by atoms with Crippen LogP contribution in [0.25, 0.3) is 0 Å². The van der Waals surface area contributed by atoms with Crippen LogP contribution >= 0.6 is 0 Å². The lowest BCUT2D eigenvalue weighted by Gasteiger charge is -2.04. The number of amides is 1. The van der Waals surface area contributed by atoms with Gasteiger partial charge in [-0.1, -0.05) is 42.2 Å². The number of rotatable bonds is 3. The summed E-state index contributed by atoms with van der Waals surface area (Å²) in [5.74, 6) is 4.76. The molecule has 0 saturated heterocycles. The second kappa shape index (κ2) is 7.65. The summed E-state index contributed by atoms with van der Waals surface area (Å²) in [5.41, 5.74) is 1.14. The largest absolute Gasteiger partial charge is 0.445 e. The maximum atomic E-state index is 13.2. The summed E-state index contributed by atoms with van der Waals surface area (Å²) in [6.07, 6.45) is 1.98. The topological polar surface area (TPSA) is 51.2 Å². The molecule has 1 amide bonds. The SMILES string of the molecule is O=C(NCC#Cc1ccncc1F)OCc1ccccc1. The lowest BCUT2D eigenvalue weighted by Crippen LogP contribution is -2.24. The number of aromatic nitrogens is 1. The van der Waals surface area contributed by atoms with Crippen molar-refractivity contribution in [3.63, 3.8) is 0 Å². The van der Waals surface area contributed by atoms with E-state index in [0.29, 0.717) is 0 Å². The Kier molecular flexibility index (Phi) is 5.30. The van der Waals surface area contributed by atoms with Crippen molar-refractivity contribution >= 4 is 6.09 Å². The van der Waals surface area contributed by atoms with E-state index in [9.17, 15) is 9.18 Å². The normalized spacial score (nSPS) is 9.38. The zero-order valence-electron chi connectivity index (χ0n) is 11.2. The van der Waals surface area contributed by atoms with Crippen LogP contribution in [0.3, 0.4) is 0 Å². The number of ether oxygens (including phenoxy) is 1. The Morgan fingerprint density at radius 2 is 2.10 bits per heavy atom. The predicted octanol–water partition coefficient (Wildman–Crippen LogP) is 2.50. The molecular weight excluding hydrogens is 271 g/mol. The number of halogens is 1. The smallest absolute Gasteiger partial charge is 0.408 e. The lowest BCUT2D eigenvalue weighted by atomic mass is 10.2. The summed E-state index contributed by atoms with van der Waals surface area (Å²) < 4.78 is 18.2. The van der Waals surface area contributed by atoms with Crippen molar-refractivity contribution in [1.82, 2.24) is 10.3 Å². The highest BCUT2D eigenvalue weighted by atomic mass is 19.1. The van der Waals surface area contributed by atoms with Crippen LogP contribution in [-0.2, 0) is 11.3 Å². The van der Waals surface area contributed by atoms with E-state index in [-0.39, 0.29) is 18.7 Å². The van der Waals surface area contributed by atoms with E-state index in [1.807, 2.05) is 30.3 Å². The van der Waals surface area contributed by atoms with E-state index >= 15 is 0 Å². The summed E-state index contributed by atoms with van der Waals surface area (Å²) in [4.78, 5) is 15.0. The third kappa shape index (κ3) is 4.96. The van der Waals surface area contributed by atoms with E-state index < -0.39 is 11.9 Å². The highest BCUT2D eigenvalue weighted by Gasteiger charge is 2.00. The highest BCUT2D eigenvalue weighted by molar-refractivity contribution is 5.67. The first-order chi connectivity index (χ1) is 10.3. The molecule has 0 atom stereocenters. The van der Waals surface area contributed by atoms with Gasteiger partial charge >= 0.3 is 6.09 Å². The van der Waals surface area contributed by atoms with Crippen LogP contribution in [0.5, 0.6) is 0 Å². The van der Waals surface area contributed by atoms with Gasteiger partial charge in [-0.2, -0.15) is 0 Å². The molecular formula is C16H13FN2O2. The fourth-order valence-electron chi connectivity index (χ4n) is 1.51. The number of hydrogen-bond acceptors (Lipinski definition) is 3. The van der Waals surface area contributed by atoms with Crippen molar-refractivity contribution in [3.05, 3.63) is 65.7 Å². The molecule has 0 radical (unpaired) electrons. The van der Waals surface area contributed by atoms with Crippen molar-refractivity contribution < 1.29 is 13.9 Å². The van der Waals surface area contributed by atoms with Gasteiger partial charge in [0.15, 0.2) is 5.82 Å². The minimum absolute atomic E-state index is 0.0788. The lowest BCUT2D eigenvalue weighted by molar-refractivity contribution is 0.141. The van der Waals surface area contributed by atoms with Gasteiger partial charge in [-0.25, -0.2) is 9.18 Å². The molecule has 4 nitrogen and oxygen atoms in total. The van der Waals surface area contributed by atoms with Gasteiger partial charge in [0.25, 0.3) is 0 Å². The fraction of sp³-hybridized carbons (Fsp3) is 0.125. The van der Waals surface area contributed by atoms with Crippen LogP contribution in [0.1, 0.15) is 11.1 Å². The molecule has 106 valence electrons. The van der Waals surface area contributed by atoms with Crippen LogP contribution in [0.2, 0.25) is 0 Å². The minimum Gasteiger partial charge on any atom is -0.445 e. The molecule has 0 saturated carbocycles. The average Bonchev–Trinajstić information content (AvgIpc) is 2.52. The zero-order valence-corrected chi connectivity index (χ0v) is 11.2. The van der Waals surface area contributed by atoms with Gasteiger partial charge in [0.1, 0.15) is 6.61 Å². The van der Waals surface area contributed by atoms with Crippen LogP contribution in [0.4, 0.5) is 9.18 Å². The second-order valence-electron chi connectivity index (χ2n) is 4.07. The first-order valence-corrected chi connectivity index (χ1v) is 6.28. The Labute approximate surface area is 122 Å². The molecule has 5 heteroatoms. The molecule has 0 fully saturated rings. The number of nitrogens with zero attached hydrogens (tertiary/aromatic N) is 1. The third-order valence-electron chi connectivity index (χ3n) is 2.53. The summed E-state index contributed by atoms with van der Waals surface area (Å²) in [5, 5.41) is 2.47. The molecule has 1 heterocycles. The van der Waals surface area contributed by atoms with Gasteiger partial charge in [0.2, 0.25) is 0 Å². The number of pyridine rings is 1. The Morgan fingerprint density at radius 3 is 2.86 bits per heavy atom. The Hall–Kier alpha value is -2.87. The van der Waals surface area contributed by atoms with Crippen molar-refractivity contribution in [2.24, 2.45) is 0 Å². The molecule has 0 aliphatic carbocycles. The minimum atomic E-state index is -0.566. The summed E-state index contributed by atoms with van der Waals surface area (Å²) in [7, 11) is 0. The number of alkyl carbamates (subject to hydrolysis) is 1. The molecule has 2 aromatic rings. The van der Waals surface area contributed by atoms with Gasteiger partial charge in [-0.15, -0.1) is 0 Å². The molecule has 2 rings (SSSR count). The van der Waals surface area contributed by atoms with Gasteiger partial charge in [-0.05, 0) is 11.6 Å². The molecule has 1 aromatic carbocycles. The van der Waals surface area contributed by atoms with Crippen molar-refractivity contribution in [2.75, 3.05) is 6.54 Å². The van der Waals surface area contributed by atoms with Crippen LogP contribution in [-0.4, -0.2) is 17.6 Å². The third-order valence-corrected chi connectivity index (χ3v) is 2.53. The first kappa shape index (κ1) is 14.5. The standard InChI is InChI=1S/C16H13FN2O2/c17-15-11-18-10-8-14(15)7-4-9-19-16(20)21-12-13-5-2-1-3-6-13/h1-3,5-6,8,10-11H,9,12H2,(H,19,20). The molecule has 1 N–H and O–H groups in total. The Bertz CT molecular complexity index is 663. The number of carbonyl (C=O) groups is 1. The molecule has 0 aliphatic rings. The maximum absolute atomic E-state index is 13.2. The number of benzene rings is 1. The highest BCUT2D eigenvalue weighted by Crippen LogP contribution is 2.01. The molecule has 0 aliphatic heterocycles. The van der Waals surface area contributed by atoms with Crippen molar-refractivity contribution in [2.45, 2.75) is 6.61 Å². The van der Waals surface area contributed by atoms with Gasteiger partial charge < -0.3 is 10.1 Å². The number of hydrogen-bond donors (Lipinski definition) is 1. The molecule has 0 bridgehead atoms. The van der Waals surface area contributed by atoms with Crippen LogP contribution in [0, 0.1) is 17.7 Å². The summed E-state index contributed by atoms with van der Waals surface area (Å²) in [6, 6.07) is 10.8. The molecule has 0 spiro atoms. The summed E-state index contributed by atoms with van der Waals surface area (Å²) in [6.45, 7) is 0.272. The quantitative estimate of drug-likeness (QED) is 0.881. The van der Waals surface area contributed by atoms with Crippen LogP contribution < -0.4 is 5.32 Å². The predicted molar refractivity (Wildman–Crippen MR) is 75.7 cm³/mol. The average molecular weight is 284 g/mol. The van der Waals surface area contributed by atoms with E-state index in [1.54, 1.807) is 0 Å². The molecule has 0 unspecified atom stereocenters. The number of carbonyl (C=O) groups excluding carboxylic acids is 1. The molecule has 21 heavy (non-hydrogen) atoms. The van der Waals surface area contributed by atoms with Crippen molar-refractivity contribution in [3.8, 4) is 11.8 Å². The van der Waals surface area contributed by atoms with E-state index in [1.165, 1.54) is 12.3 Å². The monoisotopic (exact) mass is 284 g/mol. The first-order valence-electron chi connectivity index (χ1n) is 6.28. The maximum Gasteiger partial charge on any atom is 0.408 e. The van der Waals surface area contributed by atoms with Gasteiger partial charge in [0.05, 0.1) is 18.3 Å². The van der Waals surface area contributed by atoms with Gasteiger partial charge in [0, 0.05) is 6.20 Å². The number of nitrogens with one attached hydrogen (secondary N) is 1. The van der Waals surface area contributed by atoms with E-state index in [4.69, 9.17) is 4.74 Å². The van der Waals surface area contributed by atoms with Gasteiger partial charge in [-0.3, -0.25) is 4.98 Å². The van der Waals surface area contributed by atoms with Crippen molar-refractivity contribution in [1.29, 1.82) is 0 Å². The second-order valence-corrected chi connectivity index (χ2v) is 4.07. The summed E-state index contributed by atoms with van der Waals surface area (Å²) >= 11 is 0. The van der Waals surface area contributed by atoms with Crippen LogP contribution in [0.15, 0.2) is 48.8 Å². The van der Waals surface area contributed by atoms with E-state index in [2.05, 4.69) is 22.1 Å².